The van der Waals surface area contributed by atoms with E-state index in [4.69, 9.17) is 9.84 Å². The second kappa shape index (κ2) is 5.42. The normalized spacial score (nSPS) is 19.9. The standard InChI is InChI=1S/C13H21NO4/c1-5-8-6-9(7-10(8)11(15)16)14-12(17)18-13(2,3)4/h9H,5-7H2,1-4H3,(H,14,17)(H,15,16). The molecule has 1 unspecified atom stereocenters. The molecule has 0 saturated carbocycles. The maximum absolute atomic E-state index is 11.6. The van der Waals surface area contributed by atoms with Gasteiger partial charge in [0.1, 0.15) is 5.60 Å². The fraction of sp³-hybridized carbons (Fsp3) is 0.692. The lowest BCUT2D eigenvalue weighted by molar-refractivity contribution is -0.132. The van der Waals surface area contributed by atoms with Gasteiger partial charge in [0, 0.05) is 18.0 Å². The van der Waals surface area contributed by atoms with Crippen molar-refractivity contribution in [1.29, 1.82) is 0 Å². The Morgan fingerprint density at radius 1 is 1.39 bits per heavy atom. The summed E-state index contributed by atoms with van der Waals surface area (Å²) in [6.45, 7) is 7.30. The van der Waals surface area contributed by atoms with Crippen LogP contribution in [0.5, 0.6) is 0 Å². The first kappa shape index (κ1) is 14.5. The van der Waals surface area contributed by atoms with Gasteiger partial charge in [-0.25, -0.2) is 9.59 Å². The predicted octanol–water partition coefficient (Wildman–Crippen LogP) is 2.46. The average molecular weight is 255 g/mol. The van der Waals surface area contributed by atoms with E-state index >= 15 is 0 Å². The van der Waals surface area contributed by atoms with Crippen LogP contribution in [0.2, 0.25) is 0 Å². The molecule has 0 aliphatic heterocycles. The van der Waals surface area contributed by atoms with Crippen molar-refractivity contribution in [3.63, 3.8) is 0 Å². The quantitative estimate of drug-likeness (QED) is 0.812. The van der Waals surface area contributed by atoms with Gasteiger partial charge < -0.3 is 15.2 Å². The molecule has 2 N–H and O–H groups in total. The number of carbonyl (C=O) groups excluding carboxylic acids is 1. The topological polar surface area (TPSA) is 75.6 Å². The fourth-order valence-corrected chi connectivity index (χ4v) is 2.06. The zero-order chi connectivity index (χ0) is 13.9. The second-order valence-corrected chi connectivity index (χ2v) is 5.49. The van der Waals surface area contributed by atoms with Crippen molar-refractivity contribution in [2.75, 3.05) is 0 Å². The highest BCUT2D eigenvalue weighted by molar-refractivity contribution is 5.88. The number of nitrogens with one attached hydrogen (secondary N) is 1. The third-order valence-corrected chi connectivity index (χ3v) is 2.78. The summed E-state index contributed by atoms with van der Waals surface area (Å²) in [5.41, 5.74) is 0.793. The molecule has 1 aliphatic carbocycles. The number of alkyl carbamates (subject to hydrolysis) is 1. The third-order valence-electron chi connectivity index (χ3n) is 2.78. The molecule has 0 bridgehead atoms. The summed E-state index contributed by atoms with van der Waals surface area (Å²) >= 11 is 0. The van der Waals surface area contributed by atoms with Crippen LogP contribution >= 0.6 is 0 Å². The maximum atomic E-state index is 11.6. The summed E-state index contributed by atoms with van der Waals surface area (Å²) in [4.78, 5) is 22.6. The smallest absolute Gasteiger partial charge is 0.407 e. The Morgan fingerprint density at radius 3 is 2.39 bits per heavy atom. The Hall–Kier alpha value is -1.52. The van der Waals surface area contributed by atoms with Crippen molar-refractivity contribution in [2.24, 2.45) is 0 Å². The van der Waals surface area contributed by atoms with Crippen molar-refractivity contribution >= 4 is 12.1 Å². The highest BCUT2D eigenvalue weighted by atomic mass is 16.6. The molecule has 5 nitrogen and oxygen atoms in total. The summed E-state index contributed by atoms with van der Waals surface area (Å²) in [7, 11) is 0. The lowest BCUT2D eigenvalue weighted by Crippen LogP contribution is -2.38. The van der Waals surface area contributed by atoms with Gasteiger partial charge in [-0.3, -0.25) is 0 Å². The van der Waals surface area contributed by atoms with E-state index in [0.717, 1.165) is 5.57 Å². The van der Waals surface area contributed by atoms with Crippen LogP contribution < -0.4 is 5.32 Å². The molecule has 1 rings (SSSR count). The monoisotopic (exact) mass is 255 g/mol. The first-order valence-corrected chi connectivity index (χ1v) is 6.16. The SMILES string of the molecule is CCC1=C(C(=O)O)CC(NC(=O)OC(C)(C)C)C1. The number of amides is 1. The van der Waals surface area contributed by atoms with Crippen LogP contribution in [0.25, 0.3) is 0 Å². The molecule has 1 aliphatic rings. The van der Waals surface area contributed by atoms with E-state index in [1.807, 2.05) is 6.92 Å². The van der Waals surface area contributed by atoms with Crippen molar-refractivity contribution in [2.45, 2.75) is 58.6 Å². The first-order valence-electron chi connectivity index (χ1n) is 6.16. The average Bonchev–Trinajstić information content (AvgIpc) is 2.57. The summed E-state index contributed by atoms with van der Waals surface area (Å²) in [6.07, 6.45) is 1.18. The molecule has 1 amide bonds. The van der Waals surface area contributed by atoms with E-state index in [1.165, 1.54) is 0 Å². The van der Waals surface area contributed by atoms with Gasteiger partial charge in [-0.1, -0.05) is 12.5 Å². The first-order chi connectivity index (χ1) is 8.23. The van der Waals surface area contributed by atoms with Crippen LogP contribution in [-0.2, 0) is 9.53 Å². The number of ether oxygens (including phenoxy) is 1. The molecule has 102 valence electrons. The molecule has 0 aromatic rings. The van der Waals surface area contributed by atoms with E-state index in [9.17, 15) is 9.59 Å². The van der Waals surface area contributed by atoms with Gasteiger partial charge in [-0.2, -0.15) is 0 Å². The summed E-state index contributed by atoms with van der Waals surface area (Å²) in [5.74, 6) is -0.889. The van der Waals surface area contributed by atoms with Crippen LogP contribution in [0.15, 0.2) is 11.1 Å². The number of rotatable bonds is 3. The number of carboxylic acid groups (broad SMARTS) is 1. The Morgan fingerprint density at radius 2 is 2.00 bits per heavy atom. The van der Waals surface area contributed by atoms with Gasteiger partial charge in [0.2, 0.25) is 0 Å². The van der Waals surface area contributed by atoms with Gasteiger partial charge in [-0.05, 0) is 33.6 Å². The Kier molecular flexibility index (Phi) is 4.38. The van der Waals surface area contributed by atoms with Crippen LogP contribution in [-0.4, -0.2) is 28.8 Å². The zero-order valence-corrected chi connectivity index (χ0v) is 11.4. The zero-order valence-electron chi connectivity index (χ0n) is 11.4. The summed E-state index contributed by atoms with van der Waals surface area (Å²) < 4.78 is 5.15. The van der Waals surface area contributed by atoms with Gasteiger partial charge in [0.05, 0.1) is 0 Å². The van der Waals surface area contributed by atoms with E-state index in [0.29, 0.717) is 24.8 Å². The van der Waals surface area contributed by atoms with E-state index in [1.54, 1.807) is 20.8 Å². The minimum Gasteiger partial charge on any atom is -0.478 e. The third kappa shape index (κ3) is 4.05. The number of carboxylic acids is 1. The second-order valence-electron chi connectivity index (χ2n) is 5.49. The lowest BCUT2D eigenvalue weighted by atomic mass is 10.1. The minimum absolute atomic E-state index is 0.166. The molecule has 1 atom stereocenters. The summed E-state index contributed by atoms with van der Waals surface area (Å²) in [5, 5.41) is 11.8. The van der Waals surface area contributed by atoms with Crippen LogP contribution in [0.3, 0.4) is 0 Å². The predicted molar refractivity (Wildman–Crippen MR) is 67.3 cm³/mol. The number of carbonyl (C=O) groups is 2. The van der Waals surface area contributed by atoms with Crippen molar-refractivity contribution in [3.05, 3.63) is 11.1 Å². The van der Waals surface area contributed by atoms with Crippen molar-refractivity contribution in [1.82, 2.24) is 5.32 Å². The Labute approximate surface area is 107 Å². The molecule has 0 radical (unpaired) electrons. The molecule has 0 saturated heterocycles. The molecule has 0 spiro atoms. The van der Waals surface area contributed by atoms with E-state index in [-0.39, 0.29) is 6.04 Å². The lowest BCUT2D eigenvalue weighted by Gasteiger charge is -2.21. The molecule has 0 aromatic heterocycles. The van der Waals surface area contributed by atoms with E-state index < -0.39 is 17.7 Å². The van der Waals surface area contributed by atoms with Gasteiger partial charge in [0.25, 0.3) is 0 Å². The highest BCUT2D eigenvalue weighted by Gasteiger charge is 2.29. The van der Waals surface area contributed by atoms with Crippen molar-refractivity contribution < 1.29 is 19.4 Å². The van der Waals surface area contributed by atoms with Gasteiger partial charge >= 0.3 is 12.1 Å². The fourth-order valence-electron chi connectivity index (χ4n) is 2.06. The Balaban J connectivity index is 2.55. The summed E-state index contributed by atoms with van der Waals surface area (Å²) in [6, 6.07) is -0.166. The van der Waals surface area contributed by atoms with Crippen LogP contribution in [0.4, 0.5) is 4.79 Å². The van der Waals surface area contributed by atoms with Gasteiger partial charge in [-0.15, -0.1) is 0 Å². The molecule has 0 aromatic carbocycles. The van der Waals surface area contributed by atoms with Crippen LogP contribution in [0.1, 0.15) is 47.0 Å². The number of hydrogen-bond donors (Lipinski definition) is 2. The molecule has 18 heavy (non-hydrogen) atoms. The van der Waals surface area contributed by atoms with Crippen LogP contribution in [0, 0.1) is 0 Å². The molecule has 5 heteroatoms. The van der Waals surface area contributed by atoms with E-state index in [2.05, 4.69) is 5.32 Å². The minimum atomic E-state index is -0.889. The molecular weight excluding hydrogens is 234 g/mol. The number of aliphatic carboxylic acids is 1. The number of hydrogen-bond acceptors (Lipinski definition) is 3. The molecule has 0 fully saturated rings. The molecular formula is C13H21NO4. The molecule has 0 heterocycles. The maximum Gasteiger partial charge on any atom is 0.407 e. The Bertz CT molecular complexity index is 379. The van der Waals surface area contributed by atoms with Crippen molar-refractivity contribution in [3.8, 4) is 0 Å². The van der Waals surface area contributed by atoms with Gasteiger partial charge in [0.15, 0.2) is 0 Å². The highest BCUT2D eigenvalue weighted by Crippen LogP contribution is 2.29. The largest absolute Gasteiger partial charge is 0.478 e.